The summed E-state index contributed by atoms with van der Waals surface area (Å²) in [6, 6.07) is 19.9. The highest BCUT2D eigenvalue weighted by Crippen LogP contribution is 2.31. The molecule has 3 aromatic carbocycles. The number of nitrogens with one attached hydrogen (secondary N) is 2. The number of aryl methyl sites for hydroxylation is 1. The molecule has 1 aromatic heterocycles. The summed E-state index contributed by atoms with van der Waals surface area (Å²) >= 11 is 20.3. The number of amides is 2. The van der Waals surface area contributed by atoms with Crippen LogP contribution in [0.3, 0.4) is 0 Å². The first kappa shape index (κ1) is 24.4. The number of anilines is 1. The summed E-state index contributed by atoms with van der Waals surface area (Å²) in [5, 5.41) is 16.4. The molecule has 0 unspecified atom stereocenters. The molecule has 1 heterocycles. The molecule has 0 saturated heterocycles. The summed E-state index contributed by atoms with van der Waals surface area (Å²) in [6.07, 6.45) is 0. The minimum Gasteiger partial charge on any atom is -0.331 e. The molecular weight excluding hydrogens is 513 g/mol. The molecule has 0 aliphatic rings. The maximum absolute atomic E-state index is 12.4. The molecule has 10 heteroatoms. The molecule has 0 radical (unpaired) electrons. The third-order valence-electron chi connectivity index (χ3n) is 4.96. The number of nitrogens with zero attached hydrogens (tertiary/aromatic N) is 3. The Morgan fingerprint density at radius 3 is 2.56 bits per heavy atom. The van der Waals surface area contributed by atoms with Crippen LogP contribution in [0.4, 0.5) is 10.5 Å². The molecule has 0 saturated carbocycles. The summed E-state index contributed by atoms with van der Waals surface area (Å²) in [5.41, 5.74) is 3.61. The van der Waals surface area contributed by atoms with Gasteiger partial charge in [0.05, 0.1) is 17.3 Å². The lowest BCUT2D eigenvalue weighted by Crippen LogP contribution is -2.29. The van der Waals surface area contributed by atoms with Gasteiger partial charge in [-0.05, 0) is 54.4 Å². The number of hydrogen-bond donors (Lipinski definition) is 2. The Morgan fingerprint density at radius 1 is 0.971 bits per heavy atom. The number of urea groups is 1. The van der Waals surface area contributed by atoms with Crippen molar-refractivity contribution in [1.29, 1.82) is 0 Å². The normalized spacial score (nSPS) is 10.8. The van der Waals surface area contributed by atoms with Crippen LogP contribution in [-0.4, -0.2) is 20.8 Å². The van der Waals surface area contributed by atoms with Gasteiger partial charge in [-0.3, -0.25) is 4.57 Å². The Bertz CT molecular complexity index is 1330. The Morgan fingerprint density at radius 2 is 1.76 bits per heavy atom. The number of carbonyl (C=O) groups is 1. The van der Waals surface area contributed by atoms with E-state index in [0.29, 0.717) is 43.2 Å². The average molecular weight is 533 g/mol. The fourth-order valence-corrected chi connectivity index (χ4v) is 4.82. The van der Waals surface area contributed by atoms with Crippen LogP contribution in [0.2, 0.25) is 15.1 Å². The smallest absolute Gasteiger partial charge is 0.319 e. The first-order valence-electron chi connectivity index (χ1n) is 10.3. The van der Waals surface area contributed by atoms with E-state index in [-0.39, 0.29) is 6.54 Å². The highest BCUT2D eigenvalue weighted by atomic mass is 35.5. The molecule has 2 amide bonds. The fraction of sp³-hybridized carbons (Fsp3) is 0.125. The number of carbonyl (C=O) groups excluding carboxylic acids is 1. The number of hydrogen-bond acceptors (Lipinski definition) is 4. The van der Waals surface area contributed by atoms with Crippen molar-refractivity contribution in [3.8, 4) is 5.69 Å². The topological polar surface area (TPSA) is 71.8 Å². The van der Waals surface area contributed by atoms with Crippen molar-refractivity contribution in [2.45, 2.75) is 24.4 Å². The van der Waals surface area contributed by atoms with Crippen LogP contribution in [-0.2, 0) is 12.3 Å². The Balaban J connectivity index is 1.57. The van der Waals surface area contributed by atoms with Gasteiger partial charge in [0.2, 0.25) is 0 Å². The molecule has 6 nitrogen and oxygen atoms in total. The Labute approximate surface area is 216 Å². The minimum atomic E-state index is -0.400. The first-order valence-corrected chi connectivity index (χ1v) is 12.4. The van der Waals surface area contributed by atoms with Gasteiger partial charge < -0.3 is 10.6 Å². The zero-order valence-corrected chi connectivity index (χ0v) is 21.1. The Kier molecular flexibility index (Phi) is 8.00. The van der Waals surface area contributed by atoms with Crippen molar-refractivity contribution in [2.75, 3.05) is 5.32 Å². The van der Waals surface area contributed by atoms with Gasteiger partial charge in [0, 0.05) is 21.5 Å². The molecule has 2 N–H and O–H groups in total. The summed E-state index contributed by atoms with van der Waals surface area (Å²) in [5.74, 6) is 1.21. The molecule has 0 fully saturated rings. The predicted octanol–water partition coefficient (Wildman–Crippen LogP) is 7.15. The van der Waals surface area contributed by atoms with Crippen molar-refractivity contribution in [3.05, 3.63) is 98.7 Å². The van der Waals surface area contributed by atoms with Gasteiger partial charge in [-0.2, -0.15) is 0 Å². The van der Waals surface area contributed by atoms with Gasteiger partial charge >= 0.3 is 6.03 Å². The van der Waals surface area contributed by atoms with Crippen LogP contribution in [0.15, 0.2) is 71.9 Å². The minimum absolute atomic E-state index is 0.118. The monoisotopic (exact) mass is 531 g/mol. The highest BCUT2D eigenvalue weighted by Gasteiger charge is 2.18. The van der Waals surface area contributed by atoms with E-state index in [2.05, 4.69) is 39.9 Å². The zero-order chi connectivity index (χ0) is 24.1. The number of rotatable bonds is 7. The summed E-state index contributed by atoms with van der Waals surface area (Å²) in [7, 11) is 0. The third-order valence-corrected chi connectivity index (χ3v) is 6.72. The van der Waals surface area contributed by atoms with Gasteiger partial charge in [0.25, 0.3) is 0 Å². The molecule has 4 rings (SSSR count). The molecule has 0 atom stereocenters. The van der Waals surface area contributed by atoms with E-state index in [1.807, 2.05) is 16.7 Å². The molecule has 0 aliphatic heterocycles. The molecule has 0 bridgehead atoms. The lowest BCUT2D eigenvalue weighted by molar-refractivity contribution is 0.251. The summed E-state index contributed by atoms with van der Waals surface area (Å²) < 4.78 is 1.82. The van der Waals surface area contributed by atoms with E-state index in [1.54, 1.807) is 42.5 Å². The highest BCUT2D eigenvalue weighted by molar-refractivity contribution is 7.98. The van der Waals surface area contributed by atoms with Crippen molar-refractivity contribution in [3.63, 3.8) is 0 Å². The third kappa shape index (κ3) is 6.04. The average Bonchev–Trinajstić information content (AvgIpc) is 3.21. The van der Waals surface area contributed by atoms with E-state index < -0.39 is 6.03 Å². The van der Waals surface area contributed by atoms with Crippen molar-refractivity contribution >= 4 is 58.3 Å². The van der Waals surface area contributed by atoms with Crippen LogP contribution < -0.4 is 10.6 Å². The lowest BCUT2D eigenvalue weighted by atomic mass is 10.1. The van der Waals surface area contributed by atoms with Crippen molar-refractivity contribution in [1.82, 2.24) is 20.1 Å². The van der Waals surface area contributed by atoms with E-state index in [9.17, 15) is 4.79 Å². The molecule has 0 spiro atoms. The molecule has 34 heavy (non-hydrogen) atoms. The van der Waals surface area contributed by atoms with Crippen LogP contribution in [0.25, 0.3) is 5.69 Å². The fourth-order valence-electron chi connectivity index (χ4n) is 3.22. The Hall–Kier alpha value is -2.71. The number of thioether (sulfide) groups is 1. The van der Waals surface area contributed by atoms with Gasteiger partial charge in [0.1, 0.15) is 0 Å². The number of benzene rings is 3. The van der Waals surface area contributed by atoms with E-state index in [4.69, 9.17) is 34.8 Å². The molecular formula is C24H20Cl3N5OS. The van der Waals surface area contributed by atoms with Crippen LogP contribution in [0, 0.1) is 6.92 Å². The summed E-state index contributed by atoms with van der Waals surface area (Å²) in [6.45, 7) is 2.19. The van der Waals surface area contributed by atoms with E-state index in [1.165, 1.54) is 22.9 Å². The van der Waals surface area contributed by atoms with E-state index >= 15 is 0 Å². The van der Waals surface area contributed by atoms with Crippen molar-refractivity contribution in [2.24, 2.45) is 0 Å². The van der Waals surface area contributed by atoms with Gasteiger partial charge in [-0.1, -0.05) is 76.9 Å². The standard InChI is InChI=1S/C24H20Cl3N5OS/c1-15-5-2-3-6-16(15)14-34-24-31-30-22(32(24)21-12-18(26)9-10-20(21)27)13-28-23(33)29-19-8-4-7-17(25)11-19/h2-12H,13-14H2,1H3,(H2,28,29,33). The summed E-state index contributed by atoms with van der Waals surface area (Å²) in [4.78, 5) is 12.4. The quantitative estimate of drug-likeness (QED) is 0.248. The molecule has 0 aliphatic carbocycles. The molecule has 174 valence electrons. The second-order valence-electron chi connectivity index (χ2n) is 7.36. The van der Waals surface area contributed by atoms with E-state index in [0.717, 1.165) is 0 Å². The van der Waals surface area contributed by atoms with Crippen molar-refractivity contribution < 1.29 is 4.79 Å². The predicted molar refractivity (Wildman–Crippen MR) is 139 cm³/mol. The second-order valence-corrected chi connectivity index (χ2v) is 9.59. The SMILES string of the molecule is Cc1ccccc1CSc1nnc(CNC(=O)Nc2cccc(Cl)c2)n1-c1cc(Cl)ccc1Cl. The zero-order valence-electron chi connectivity index (χ0n) is 18.1. The van der Waals surface area contributed by atoms with Gasteiger partial charge in [0.15, 0.2) is 11.0 Å². The largest absolute Gasteiger partial charge is 0.331 e. The number of aromatic nitrogens is 3. The van der Waals surface area contributed by atoms with Crippen LogP contribution in [0.5, 0.6) is 0 Å². The molecule has 4 aromatic rings. The maximum Gasteiger partial charge on any atom is 0.319 e. The lowest BCUT2D eigenvalue weighted by Gasteiger charge is -2.13. The maximum atomic E-state index is 12.4. The first-order chi connectivity index (χ1) is 16.4. The number of halogens is 3. The van der Waals surface area contributed by atoms with Gasteiger partial charge in [-0.25, -0.2) is 4.79 Å². The van der Waals surface area contributed by atoms with Gasteiger partial charge in [-0.15, -0.1) is 10.2 Å². The van der Waals surface area contributed by atoms with Crippen LogP contribution >= 0.6 is 46.6 Å². The van der Waals surface area contributed by atoms with Crippen LogP contribution in [0.1, 0.15) is 17.0 Å². The second kappa shape index (κ2) is 11.1.